The summed E-state index contributed by atoms with van der Waals surface area (Å²) in [6.45, 7) is 3.61. The third kappa shape index (κ3) is 4.54. The third-order valence-corrected chi connectivity index (χ3v) is 1.43. The first-order chi connectivity index (χ1) is 5.72. The second kappa shape index (κ2) is 7.00. The summed E-state index contributed by atoms with van der Waals surface area (Å²) in [5, 5.41) is 0.429. The zero-order valence-electron chi connectivity index (χ0n) is 6.49. The summed E-state index contributed by atoms with van der Waals surface area (Å²) in [4.78, 5) is 0. The van der Waals surface area contributed by atoms with E-state index in [1.807, 2.05) is 0 Å². The van der Waals surface area contributed by atoms with Crippen LogP contribution in [0.1, 0.15) is 5.56 Å². The Morgan fingerprint density at radius 2 is 2.00 bits per heavy atom. The molecular weight excluding hydrogens is 296 g/mol. The van der Waals surface area contributed by atoms with Gasteiger partial charge in [0.15, 0.2) is 0 Å². The third-order valence-electron chi connectivity index (χ3n) is 1.21. The Balaban J connectivity index is 0.000000561. The van der Waals surface area contributed by atoms with Crippen molar-refractivity contribution in [2.45, 2.75) is 6.42 Å². The van der Waals surface area contributed by atoms with Crippen LogP contribution < -0.4 is 0 Å². The molecule has 0 aliphatic heterocycles. The van der Waals surface area contributed by atoms with Crippen LogP contribution in [0.2, 0.25) is 5.02 Å². The second-order valence-corrected chi connectivity index (χ2v) is 2.46. The fourth-order valence-corrected chi connectivity index (χ4v) is 1.000. The van der Waals surface area contributed by atoms with Crippen molar-refractivity contribution in [3.05, 3.63) is 41.5 Å². The van der Waals surface area contributed by atoms with Crippen molar-refractivity contribution in [1.82, 2.24) is 0 Å². The summed E-state index contributed by atoms with van der Waals surface area (Å²) in [5.74, 6) is -0.300. The molecule has 1 rings (SSSR count). The Bertz CT molecular complexity index is 222. The molecule has 4 heteroatoms. The van der Waals surface area contributed by atoms with Crippen molar-refractivity contribution >= 4 is 25.2 Å². The molecule has 0 saturated carbocycles. The van der Waals surface area contributed by atoms with Crippen LogP contribution in [-0.4, -0.2) is 0 Å². The molecule has 0 fully saturated rings. The van der Waals surface area contributed by atoms with E-state index in [1.165, 1.54) is 28.5 Å². The monoisotopic (exact) mass is 300 g/mol. The van der Waals surface area contributed by atoms with Gasteiger partial charge in [-0.1, -0.05) is 17.2 Å². The number of hydrogen-bond acceptors (Lipinski definition) is 0. The molecule has 0 aromatic heterocycles. The molecule has 62 valence electrons. The Morgan fingerprint density at radius 3 is 2.42 bits per heavy atom. The predicted molar refractivity (Wildman–Crippen MR) is 49.4 cm³/mol. The van der Waals surface area contributed by atoms with Crippen molar-refractivity contribution < 1.29 is 20.7 Å². The molecule has 0 unspecified atom stereocenters. The van der Waals surface area contributed by atoms with Gasteiger partial charge in [-0.05, 0) is 18.2 Å². The van der Waals surface area contributed by atoms with Crippen LogP contribution in [0.5, 0.6) is 0 Å². The molecule has 1 aromatic carbocycles. The molecule has 0 aliphatic rings. The SMILES string of the molecule is [CH2-]Cc1cc(F)cc(Cl)c1.[Zn+][Br]. The first-order valence-electron chi connectivity index (χ1n) is 3.23. The maximum absolute atomic E-state index is 12.5. The average molecular weight is 303 g/mol. The van der Waals surface area contributed by atoms with Crippen LogP contribution in [0, 0.1) is 12.7 Å². The molecule has 0 bridgehead atoms. The van der Waals surface area contributed by atoms with Gasteiger partial charge in [0.05, 0.1) is 0 Å². The van der Waals surface area contributed by atoms with E-state index in [2.05, 4.69) is 20.5 Å². The van der Waals surface area contributed by atoms with Crippen molar-refractivity contribution in [3.63, 3.8) is 0 Å². The molecule has 0 nitrogen and oxygen atoms in total. The van der Waals surface area contributed by atoms with Crippen LogP contribution in [-0.2, 0) is 22.8 Å². The van der Waals surface area contributed by atoms with Crippen molar-refractivity contribution in [2.24, 2.45) is 0 Å². The molecule has 0 saturated heterocycles. The minimum atomic E-state index is -0.300. The predicted octanol–water partition coefficient (Wildman–Crippen LogP) is 3.70. The van der Waals surface area contributed by atoms with Gasteiger partial charge in [-0.3, -0.25) is 0 Å². The molecule has 0 spiro atoms. The van der Waals surface area contributed by atoms with Crippen LogP contribution in [0.4, 0.5) is 4.39 Å². The van der Waals surface area contributed by atoms with Gasteiger partial charge < -0.3 is 6.92 Å². The van der Waals surface area contributed by atoms with Gasteiger partial charge >= 0.3 is 30.0 Å². The standard InChI is InChI=1S/C8H7ClF.BrH.Zn/c1-2-6-3-7(9)5-8(10)4-6;;/h3-5H,1-2H2;1H;/q-1;;+2/p-1. The summed E-state index contributed by atoms with van der Waals surface area (Å²) in [6.07, 6.45) is 0.567. The van der Waals surface area contributed by atoms with Crippen LogP contribution in [0.25, 0.3) is 0 Å². The van der Waals surface area contributed by atoms with E-state index >= 15 is 0 Å². The summed E-state index contributed by atoms with van der Waals surface area (Å²) in [7, 11) is 0. The molecule has 0 N–H and O–H groups in total. The molecular formula is C8H7BrClFZn. The van der Waals surface area contributed by atoms with E-state index in [1.54, 1.807) is 6.07 Å². The Kier molecular flexibility index (Phi) is 7.31. The van der Waals surface area contributed by atoms with Crippen molar-refractivity contribution in [3.8, 4) is 0 Å². The number of halogens is 3. The van der Waals surface area contributed by atoms with Gasteiger partial charge in [0, 0.05) is 5.02 Å². The van der Waals surface area contributed by atoms with Gasteiger partial charge in [-0.25, -0.2) is 4.39 Å². The molecule has 1 aromatic rings. The summed E-state index contributed by atoms with van der Waals surface area (Å²) in [6, 6.07) is 4.41. The van der Waals surface area contributed by atoms with E-state index in [0.29, 0.717) is 11.4 Å². The summed E-state index contributed by atoms with van der Waals surface area (Å²) in [5.41, 5.74) is 0.824. The van der Waals surface area contributed by atoms with E-state index in [0.717, 1.165) is 5.56 Å². The zero-order valence-corrected chi connectivity index (χ0v) is 11.8. The average Bonchev–Trinajstić information content (AvgIpc) is 2.06. The quantitative estimate of drug-likeness (QED) is 0.548. The summed E-state index contributed by atoms with van der Waals surface area (Å²) >= 11 is 9.81. The molecule has 0 atom stereocenters. The molecule has 0 amide bonds. The molecule has 12 heavy (non-hydrogen) atoms. The van der Waals surface area contributed by atoms with Crippen LogP contribution in [0.3, 0.4) is 0 Å². The van der Waals surface area contributed by atoms with Crippen molar-refractivity contribution in [2.75, 3.05) is 0 Å². The van der Waals surface area contributed by atoms with Crippen LogP contribution >= 0.6 is 25.2 Å². The normalized spacial score (nSPS) is 8.83. The number of rotatable bonds is 1. The van der Waals surface area contributed by atoms with Gasteiger partial charge in [-0.2, -0.15) is 6.42 Å². The van der Waals surface area contributed by atoms with E-state index < -0.39 is 0 Å². The topological polar surface area (TPSA) is 0 Å². The van der Waals surface area contributed by atoms with E-state index in [-0.39, 0.29) is 5.82 Å². The summed E-state index contributed by atoms with van der Waals surface area (Å²) < 4.78 is 12.5. The minimum absolute atomic E-state index is 0.300. The van der Waals surface area contributed by atoms with Gasteiger partial charge in [0.1, 0.15) is 5.82 Å². The zero-order chi connectivity index (χ0) is 9.56. The Labute approximate surface area is 93.5 Å². The fraction of sp³-hybridized carbons (Fsp3) is 0.125. The molecule has 0 radical (unpaired) electrons. The van der Waals surface area contributed by atoms with Crippen molar-refractivity contribution in [1.29, 1.82) is 0 Å². The molecule has 0 aliphatic carbocycles. The van der Waals surface area contributed by atoms with Crippen LogP contribution in [0.15, 0.2) is 18.2 Å². The number of benzene rings is 1. The second-order valence-electron chi connectivity index (χ2n) is 2.03. The fourth-order valence-electron chi connectivity index (χ4n) is 0.755. The van der Waals surface area contributed by atoms with E-state index in [4.69, 9.17) is 11.6 Å². The Morgan fingerprint density at radius 1 is 1.42 bits per heavy atom. The molecule has 0 heterocycles. The number of hydrogen-bond donors (Lipinski definition) is 0. The Hall–Kier alpha value is 0.543. The first kappa shape index (κ1) is 12.5. The first-order valence-corrected chi connectivity index (χ1v) is 10.6. The van der Waals surface area contributed by atoms with E-state index in [9.17, 15) is 4.39 Å². The van der Waals surface area contributed by atoms with Gasteiger partial charge in [0.25, 0.3) is 0 Å². The van der Waals surface area contributed by atoms with Gasteiger partial charge in [-0.15, -0.1) is 0 Å². The maximum atomic E-state index is 12.5. The van der Waals surface area contributed by atoms with Gasteiger partial charge in [0.2, 0.25) is 0 Å².